The number of carbonyl (C=O) groups is 4. The van der Waals surface area contributed by atoms with Gasteiger partial charge in [0.15, 0.2) is 33.9 Å². The molecule has 1 N–H and O–H groups in total. The summed E-state index contributed by atoms with van der Waals surface area (Å²) >= 11 is 0. The second-order valence-corrected chi connectivity index (χ2v) is 10.3. The number of carbonyl (C=O) groups excluding carboxylic acids is 3. The van der Waals surface area contributed by atoms with Gasteiger partial charge in [-0.15, -0.1) is 0 Å². The molecule has 4 heterocycles. The van der Waals surface area contributed by atoms with Gasteiger partial charge < -0.3 is 28.5 Å². The number of hydrogen-bond donors (Lipinski definition) is 1. The maximum Gasteiger partial charge on any atom is 0.332 e. The van der Waals surface area contributed by atoms with E-state index in [4.69, 9.17) is 9.84 Å². The number of ketones is 2. The van der Waals surface area contributed by atoms with Gasteiger partial charge in [0.05, 0.1) is 32.9 Å². The van der Waals surface area contributed by atoms with Gasteiger partial charge in [-0.25, -0.2) is 29.1 Å². The number of nitrogens with zero attached hydrogens (tertiary/aromatic N) is 8. The SMILES string of the molecule is C.C.COCC(=O)Cn1c(=O)c2c(ncn2[C@@H](C)C(=O)O)n(C)c1=O.COCC(=O)Cn1c(=O)c2c(ncn2[C@@H](C)C(=O)OC)n(C)c1=O. The number of fused-ring (bicyclic) bond motifs is 2. The summed E-state index contributed by atoms with van der Waals surface area (Å²) in [7, 11) is 6.72. The van der Waals surface area contributed by atoms with Crippen LogP contribution in [-0.2, 0) is 60.6 Å². The zero-order chi connectivity index (χ0) is 35.3. The fraction of sp³-hybridized carbons (Fsp3) is 0.517. The number of Topliss-reactive ketones (excluding diaryl/α,β-unsaturated/α-hetero) is 2. The molecule has 0 radical (unpaired) electrons. The van der Waals surface area contributed by atoms with Crippen molar-refractivity contribution in [3.8, 4) is 0 Å². The van der Waals surface area contributed by atoms with Crippen molar-refractivity contribution in [1.29, 1.82) is 0 Å². The first-order valence-electron chi connectivity index (χ1n) is 13.8. The van der Waals surface area contributed by atoms with E-state index >= 15 is 0 Å². The lowest BCUT2D eigenvalue weighted by Crippen LogP contribution is -2.42. The van der Waals surface area contributed by atoms with Crippen molar-refractivity contribution in [3.63, 3.8) is 0 Å². The number of methoxy groups -OCH3 is 3. The molecule has 0 saturated heterocycles. The van der Waals surface area contributed by atoms with Gasteiger partial charge in [0.1, 0.15) is 25.3 Å². The van der Waals surface area contributed by atoms with Gasteiger partial charge in [-0.1, -0.05) is 14.9 Å². The van der Waals surface area contributed by atoms with E-state index in [1.54, 1.807) is 0 Å². The summed E-state index contributed by atoms with van der Waals surface area (Å²) in [5.41, 5.74) is -2.68. The maximum atomic E-state index is 12.7. The monoisotopic (exact) mass is 694 g/mol. The van der Waals surface area contributed by atoms with Crippen LogP contribution in [0.3, 0.4) is 0 Å². The Morgan fingerprint density at radius 1 is 0.714 bits per heavy atom. The van der Waals surface area contributed by atoms with Crippen molar-refractivity contribution in [2.75, 3.05) is 34.5 Å². The molecule has 49 heavy (non-hydrogen) atoms. The number of rotatable bonds is 12. The van der Waals surface area contributed by atoms with Crippen LogP contribution in [-0.4, -0.2) is 101 Å². The van der Waals surface area contributed by atoms with Gasteiger partial charge in [0.25, 0.3) is 11.1 Å². The van der Waals surface area contributed by atoms with Crippen LogP contribution in [0.15, 0.2) is 31.8 Å². The lowest BCUT2D eigenvalue weighted by molar-refractivity contribution is -0.144. The third-order valence-electron chi connectivity index (χ3n) is 7.13. The summed E-state index contributed by atoms with van der Waals surface area (Å²) in [4.78, 5) is 104. The number of carboxylic acid groups (broad SMARTS) is 1. The lowest BCUT2D eigenvalue weighted by atomic mass is 10.3. The van der Waals surface area contributed by atoms with Gasteiger partial charge >= 0.3 is 23.3 Å². The molecule has 0 fully saturated rings. The van der Waals surface area contributed by atoms with Crippen LogP contribution in [0.25, 0.3) is 22.3 Å². The topological polar surface area (TPSA) is 240 Å². The molecular weight excluding hydrogens is 652 g/mol. The number of ether oxygens (including phenoxy) is 3. The lowest BCUT2D eigenvalue weighted by Gasteiger charge is -2.13. The van der Waals surface area contributed by atoms with Crippen LogP contribution in [0.5, 0.6) is 0 Å². The van der Waals surface area contributed by atoms with E-state index in [1.165, 1.54) is 66.5 Å². The number of imidazole rings is 2. The molecule has 20 nitrogen and oxygen atoms in total. The van der Waals surface area contributed by atoms with Crippen LogP contribution in [0.2, 0.25) is 0 Å². The highest BCUT2D eigenvalue weighted by atomic mass is 16.5. The number of hydrogen-bond acceptors (Lipinski definition) is 13. The van der Waals surface area contributed by atoms with Gasteiger partial charge in [-0.3, -0.25) is 37.4 Å². The van der Waals surface area contributed by atoms with E-state index in [0.717, 1.165) is 22.8 Å². The van der Waals surface area contributed by atoms with E-state index in [9.17, 15) is 38.4 Å². The minimum atomic E-state index is -1.15. The minimum absolute atomic E-state index is 0. The van der Waals surface area contributed by atoms with Crippen LogP contribution in [0, 0.1) is 0 Å². The molecule has 4 rings (SSSR count). The van der Waals surface area contributed by atoms with Gasteiger partial charge in [0, 0.05) is 28.3 Å². The van der Waals surface area contributed by atoms with E-state index in [0.29, 0.717) is 0 Å². The Morgan fingerprint density at radius 3 is 1.41 bits per heavy atom. The zero-order valence-electron chi connectivity index (χ0n) is 26.7. The standard InChI is InChI=1S/C14H18N4O6.C13H16N4O6.2CH4/c1-8(13(21)24-4)18-7-15-11-10(18)12(20)17(14(22)16(11)2)5-9(19)6-23-3;1-7(12(20)21)17-6-14-10-9(17)11(19)16(13(22)15(10)2)4-8(18)5-23-3;;/h7-8H,5-6H2,1-4H3;6-7H,4-5H2,1-3H3,(H,20,21);2*1H4/t8-;7-;;/m00../s1. The number of aromatic nitrogens is 8. The van der Waals surface area contributed by atoms with Crippen molar-refractivity contribution in [3.05, 3.63) is 54.3 Å². The summed E-state index contributed by atoms with van der Waals surface area (Å²) in [6.07, 6.45) is 2.47. The molecule has 0 bridgehead atoms. The molecule has 2 atom stereocenters. The summed E-state index contributed by atoms with van der Waals surface area (Å²) in [6, 6.07) is -1.86. The van der Waals surface area contributed by atoms with Crippen molar-refractivity contribution in [2.24, 2.45) is 14.1 Å². The highest BCUT2D eigenvalue weighted by Gasteiger charge is 2.24. The second kappa shape index (κ2) is 17.1. The summed E-state index contributed by atoms with van der Waals surface area (Å²) in [5, 5.41) is 9.12. The molecule has 0 aromatic carbocycles. The minimum Gasteiger partial charge on any atom is -0.480 e. The Labute approximate surface area is 278 Å². The molecule has 0 aliphatic heterocycles. The van der Waals surface area contributed by atoms with Crippen LogP contribution in [0.4, 0.5) is 0 Å². The molecule has 0 unspecified atom stereocenters. The van der Waals surface area contributed by atoms with Crippen molar-refractivity contribution < 1.29 is 38.5 Å². The van der Waals surface area contributed by atoms with Gasteiger partial charge in [-0.05, 0) is 13.8 Å². The third-order valence-corrected chi connectivity index (χ3v) is 7.13. The normalized spacial score (nSPS) is 11.9. The fourth-order valence-electron chi connectivity index (χ4n) is 4.61. The van der Waals surface area contributed by atoms with E-state index in [-0.39, 0.29) is 50.4 Å². The Morgan fingerprint density at radius 2 is 1.08 bits per heavy atom. The molecule has 270 valence electrons. The first-order valence-corrected chi connectivity index (χ1v) is 13.8. The second-order valence-electron chi connectivity index (χ2n) is 10.3. The zero-order valence-corrected chi connectivity index (χ0v) is 26.7. The van der Waals surface area contributed by atoms with Crippen LogP contribution >= 0.6 is 0 Å². The average Bonchev–Trinajstić information content (AvgIpc) is 3.68. The Bertz CT molecular complexity index is 2100. The predicted octanol–water partition coefficient (Wildman–Crippen LogP) is -1.12. The van der Waals surface area contributed by atoms with Crippen LogP contribution in [0.1, 0.15) is 40.8 Å². The Kier molecular flexibility index (Phi) is 14.5. The van der Waals surface area contributed by atoms with E-state index in [1.807, 2.05) is 0 Å². The Hall–Kier alpha value is -5.50. The largest absolute Gasteiger partial charge is 0.480 e. The van der Waals surface area contributed by atoms with Crippen LogP contribution < -0.4 is 22.5 Å². The summed E-state index contributed by atoms with van der Waals surface area (Å²) < 4.78 is 20.3. The molecule has 20 heteroatoms. The molecule has 0 saturated carbocycles. The average molecular weight is 695 g/mol. The highest BCUT2D eigenvalue weighted by molar-refractivity contribution is 5.81. The molecule has 4 aromatic heterocycles. The summed E-state index contributed by atoms with van der Waals surface area (Å²) in [6.45, 7) is 1.59. The molecule has 0 aliphatic rings. The number of aliphatic carboxylic acids is 1. The highest BCUT2D eigenvalue weighted by Crippen LogP contribution is 2.15. The predicted molar refractivity (Wildman–Crippen MR) is 175 cm³/mol. The van der Waals surface area contributed by atoms with Gasteiger partial charge in [0.2, 0.25) is 0 Å². The fourth-order valence-corrected chi connectivity index (χ4v) is 4.61. The molecule has 0 spiro atoms. The molecule has 0 aliphatic carbocycles. The quantitative estimate of drug-likeness (QED) is 0.173. The first kappa shape index (κ1) is 41.5. The third kappa shape index (κ3) is 8.15. The molecule has 4 aromatic rings. The molecular formula is C29H42N8O12. The number of carboxylic acids is 1. The van der Waals surface area contributed by atoms with Crippen molar-refractivity contribution in [1.82, 2.24) is 37.4 Å². The van der Waals surface area contributed by atoms with Crippen molar-refractivity contribution in [2.45, 2.75) is 53.9 Å². The number of aryl methyl sites for hydroxylation is 2. The van der Waals surface area contributed by atoms with E-state index < -0.39 is 71.2 Å². The van der Waals surface area contributed by atoms with Gasteiger partial charge in [-0.2, -0.15) is 0 Å². The molecule has 0 amide bonds. The summed E-state index contributed by atoms with van der Waals surface area (Å²) in [5.74, 6) is -2.60. The van der Waals surface area contributed by atoms with E-state index in [2.05, 4.69) is 19.4 Å². The maximum absolute atomic E-state index is 12.7. The Balaban J connectivity index is 0.000000471. The number of esters is 1. The smallest absolute Gasteiger partial charge is 0.332 e. The van der Waals surface area contributed by atoms with Crippen molar-refractivity contribution >= 4 is 45.8 Å². The first-order chi connectivity index (χ1) is 22.1.